The maximum atomic E-state index is 10.7. The Bertz CT molecular complexity index is 1400. The minimum Gasteiger partial charge on any atom is -0.490 e. The molecule has 5 heteroatoms. The van der Waals surface area contributed by atoms with Crippen LogP contribution in [-0.4, -0.2) is 29.3 Å². The van der Waals surface area contributed by atoms with E-state index in [1.54, 1.807) is 12.1 Å². The summed E-state index contributed by atoms with van der Waals surface area (Å²) in [6.45, 7) is 1.83. The standard InChI is InChI=1S/C30H25NO4/c1-22-18-27(15-16-29(22)35-21-30(32)33)34-17-7-11-24(14-13-23-8-3-2-4-9-23)26-19-25-10-5-6-12-28(25)31-20-26/h2-12,15-16,18-20,24H,17,21H2,1H3,(H,32,33)/b11-7-. The molecular formula is C30H25NO4. The molecule has 0 bridgehead atoms. The summed E-state index contributed by atoms with van der Waals surface area (Å²) in [6.07, 6.45) is 5.85. The number of ether oxygens (including phenoxy) is 2. The Morgan fingerprint density at radius 3 is 2.63 bits per heavy atom. The van der Waals surface area contributed by atoms with E-state index in [0.717, 1.165) is 27.6 Å². The molecule has 3 aromatic carbocycles. The zero-order chi connectivity index (χ0) is 24.5. The molecule has 4 rings (SSSR count). The van der Waals surface area contributed by atoms with Gasteiger partial charge in [0.15, 0.2) is 6.61 Å². The number of hydrogen-bond donors (Lipinski definition) is 1. The predicted octanol–water partition coefficient (Wildman–Crippen LogP) is 5.78. The van der Waals surface area contributed by atoms with Crippen LogP contribution < -0.4 is 9.47 Å². The Morgan fingerprint density at radius 2 is 1.83 bits per heavy atom. The Hall–Kier alpha value is -4.56. The number of carboxylic acid groups (broad SMARTS) is 1. The maximum absolute atomic E-state index is 10.7. The number of nitrogens with zero attached hydrogens (tertiary/aromatic N) is 1. The van der Waals surface area contributed by atoms with E-state index in [2.05, 4.69) is 22.9 Å². The summed E-state index contributed by atoms with van der Waals surface area (Å²) in [5.41, 5.74) is 3.72. The summed E-state index contributed by atoms with van der Waals surface area (Å²) in [7, 11) is 0. The Balaban J connectivity index is 1.48. The van der Waals surface area contributed by atoms with Crippen LogP contribution in [0.4, 0.5) is 0 Å². The number of aliphatic carboxylic acids is 1. The molecule has 0 aliphatic rings. The molecule has 0 aliphatic carbocycles. The summed E-state index contributed by atoms with van der Waals surface area (Å²) in [6, 6.07) is 25.3. The van der Waals surface area contributed by atoms with E-state index in [4.69, 9.17) is 14.6 Å². The monoisotopic (exact) mass is 463 g/mol. The van der Waals surface area contributed by atoms with Crippen LogP contribution in [0.3, 0.4) is 0 Å². The van der Waals surface area contributed by atoms with E-state index in [-0.39, 0.29) is 12.5 Å². The lowest BCUT2D eigenvalue weighted by molar-refractivity contribution is -0.139. The first-order valence-corrected chi connectivity index (χ1v) is 11.2. The quantitative estimate of drug-likeness (QED) is 0.265. The van der Waals surface area contributed by atoms with Gasteiger partial charge in [-0.05, 0) is 66.6 Å². The first-order valence-electron chi connectivity index (χ1n) is 11.2. The fourth-order valence-electron chi connectivity index (χ4n) is 3.53. The van der Waals surface area contributed by atoms with Crippen molar-refractivity contribution in [3.8, 4) is 23.3 Å². The summed E-state index contributed by atoms with van der Waals surface area (Å²) >= 11 is 0. The summed E-state index contributed by atoms with van der Waals surface area (Å²) in [5.74, 6) is 6.65. The van der Waals surface area contributed by atoms with Gasteiger partial charge >= 0.3 is 5.97 Å². The number of allylic oxidation sites excluding steroid dienone is 1. The van der Waals surface area contributed by atoms with Gasteiger partial charge in [0.05, 0.1) is 11.4 Å². The van der Waals surface area contributed by atoms with Crippen LogP contribution in [-0.2, 0) is 4.79 Å². The smallest absolute Gasteiger partial charge is 0.341 e. The summed E-state index contributed by atoms with van der Waals surface area (Å²) < 4.78 is 11.1. The molecule has 0 saturated carbocycles. The Morgan fingerprint density at radius 1 is 1.03 bits per heavy atom. The van der Waals surface area contributed by atoms with E-state index in [0.29, 0.717) is 18.1 Å². The van der Waals surface area contributed by atoms with Crippen molar-refractivity contribution in [3.05, 3.63) is 114 Å². The normalized spacial score (nSPS) is 11.6. The Kier molecular flexibility index (Phi) is 7.77. The van der Waals surface area contributed by atoms with Gasteiger partial charge in [-0.1, -0.05) is 54.3 Å². The van der Waals surface area contributed by atoms with Crippen molar-refractivity contribution in [3.63, 3.8) is 0 Å². The molecule has 0 aliphatic heterocycles. The van der Waals surface area contributed by atoms with Gasteiger partial charge in [-0.15, -0.1) is 0 Å². The van der Waals surface area contributed by atoms with E-state index < -0.39 is 5.97 Å². The lowest BCUT2D eigenvalue weighted by atomic mass is 9.98. The van der Waals surface area contributed by atoms with Gasteiger partial charge < -0.3 is 14.6 Å². The number of carboxylic acids is 1. The molecule has 0 radical (unpaired) electrons. The lowest BCUT2D eigenvalue weighted by Gasteiger charge is -2.10. The van der Waals surface area contributed by atoms with Crippen LogP contribution in [0.1, 0.15) is 22.6 Å². The third-order valence-corrected chi connectivity index (χ3v) is 5.29. The van der Waals surface area contributed by atoms with Crippen LogP contribution in [0, 0.1) is 18.8 Å². The molecule has 0 fully saturated rings. The zero-order valence-electron chi connectivity index (χ0n) is 19.3. The van der Waals surface area contributed by atoms with Crippen LogP contribution in [0.2, 0.25) is 0 Å². The summed E-state index contributed by atoms with van der Waals surface area (Å²) in [5, 5.41) is 9.85. The highest BCUT2D eigenvalue weighted by atomic mass is 16.5. The number of rotatable bonds is 8. The van der Waals surface area contributed by atoms with Gasteiger partial charge in [-0.2, -0.15) is 0 Å². The SMILES string of the molecule is Cc1cc(OC/C=C\C(C#Cc2ccccc2)c2cnc3ccccc3c2)ccc1OCC(=O)O. The molecule has 0 amide bonds. The van der Waals surface area contributed by atoms with Crippen LogP contribution in [0.15, 0.2) is 97.2 Å². The second-order valence-electron chi connectivity index (χ2n) is 7.92. The molecule has 1 unspecified atom stereocenters. The van der Waals surface area contributed by atoms with Gasteiger partial charge in [0.2, 0.25) is 0 Å². The molecule has 1 atom stereocenters. The van der Waals surface area contributed by atoms with Crippen molar-refractivity contribution in [2.45, 2.75) is 12.8 Å². The van der Waals surface area contributed by atoms with Gasteiger partial charge in [0.1, 0.15) is 18.1 Å². The molecule has 0 saturated heterocycles. The third kappa shape index (κ3) is 6.72. The minimum absolute atomic E-state index is 0.149. The molecule has 5 nitrogen and oxygen atoms in total. The average Bonchev–Trinajstić information content (AvgIpc) is 2.88. The molecule has 174 valence electrons. The van der Waals surface area contributed by atoms with E-state index >= 15 is 0 Å². The average molecular weight is 464 g/mol. The van der Waals surface area contributed by atoms with Gasteiger partial charge in [0.25, 0.3) is 0 Å². The van der Waals surface area contributed by atoms with Crippen molar-refractivity contribution in [1.82, 2.24) is 4.98 Å². The molecule has 1 heterocycles. The minimum atomic E-state index is -1.01. The topological polar surface area (TPSA) is 68.7 Å². The number of carbonyl (C=O) groups is 1. The van der Waals surface area contributed by atoms with E-state index in [9.17, 15) is 4.79 Å². The van der Waals surface area contributed by atoms with E-state index in [1.165, 1.54) is 0 Å². The second kappa shape index (κ2) is 11.5. The van der Waals surface area contributed by atoms with Crippen molar-refractivity contribution in [1.29, 1.82) is 0 Å². The van der Waals surface area contributed by atoms with Crippen LogP contribution in [0.5, 0.6) is 11.5 Å². The Labute approximate surface area is 204 Å². The van der Waals surface area contributed by atoms with Gasteiger partial charge in [-0.3, -0.25) is 4.98 Å². The fourth-order valence-corrected chi connectivity index (χ4v) is 3.53. The van der Waals surface area contributed by atoms with Gasteiger partial charge in [-0.25, -0.2) is 4.79 Å². The molecule has 4 aromatic rings. The first kappa shape index (κ1) is 23.6. The summed E-state index contributed by atoms with van der Waals surface area (Å²) in [4.78, 5) is 15.3. The highest BCUT2D eigenvalue weighted by Crippen LogP contribution is 2.24. The maximum Gasteiger partial charge on any atom is 0.341 e. The predicted molar refractivity (Wildman–Crippen MR) is 137 cm³/mol. The number of aryl methyl sites for hydroxylation is 1. The second-order valence-corrected chi connectivity index (χ2v) is 7.92. The number of pyridine rings is 1. The number of fused-ring (bicyclic) bond motifs is 1. The van der Waals surface area contributed by atoms with Crippen molar-refractivity contribution >= 4 is 16.9 Å². The van der Waals surface area contributed by atoms with Crippen LogP contribution in [0.25, 0.3) is 10.9 Å². The molecule has 1 N–H and O–H groups in total. The fraction of sp³-hybridized carbons (Fsp3) is 0.133. The third-order valence-electron chi connectivity index (χ3n) is 5.29. The lowest BCUT2D eigenvalue weighted by Crippen LogP contribution is -2.10. The van der Waals surface area contributed by atoms with Crippen molar-refractivity contribution in [2.24, 2.45) is 0 Å². The molecule has 0 spiro atoms. The number of benzene rings is 3. The molecule has 35 heavy (non-hydrogen) atoms. The largest absolute Gasteiger partial charge is 0.490 e. The molecule has 1 aromatic heterocycles. The highest BCUT2D eigenvalue weighted by molar-refractivity contribution is 5.79. The first-order chi connectivity index (χ1) is 17.1. The van der Waals surface area contributed by atoms with Gasteiger partial charge in [0, 0.05) is 17.1 Å². The number of hydrogen-bond acceptors (Lipinski definition) is 4. The van der Waals surface area contributed by atoms with Crippen LogP contribution >= 0.6 is 0 Å². The molecular weight excluding hydrogens is 438 g/mol. The highest BCUT2D eigenvalue weighted by Gasteiger charge is 2.08. The van der Waals surface area contributed by atoms with Crippen molar-refractivity contribution in [2.75, 3.05) is 13.2 Å². The van der Waals surface area contributed by atoms with E-state index in [1.807, 2.05) is 85.9 Å². The zero-order valence-corrected chi connectivity index (χ0v) is 19.3. The van der Waals surface area contributed by atoms with Crippen molar-refractivity contribution < 1.29 is 19.4 Å². The number of aromatic nitrogens is 1. The number of para-hydroxylation sites is 1.